The summed E-state index contributed by atoms with van der Waals surface area (Å²) in [5.41, 5.74) is 6.94. The molecule has 0 heterocycles. The number of rotatable bonds is 3. The third-order valence-corrected chi connectivity index (χ3v) is 5.44. The third-order valence-electron chi connectivity index (χ3n) is 2.82. The summed E-state index contributed by atoms with van der Waals surface area (Å²) in [7, 11) is -14.9. The predicted octanol–water partition coefficient (Wildman–Crippen LogP) is 0.494. The second kappa shape index (κ2) is 5.12. The molecule has 2 aromatic carbocycles. The van der Waals surface area contributed by atoms with Crippen LogP contribution in [-0.2, 0) is 30.4 Å². The Bertz CT molecular complexity index is 1130. The Kier molecular flexibility index (Phi) is 3.91. The maximum Gasteiger partial charge on any atom is 0.295 e. The Labute approximate surface area is 130 Å². The maximum atomic E-state index is 11.4. The molecule has 0 fully saturated rings. The van der Waals surface area contributed by atoms with Crippen molar-refractivity contribution < 1.29 is 38.9 Å². The zero-order valence-corrected chi connectivity index (χ0v) is 13.3. The van der Waals surface area contributed by atoms with E-state index in [1.54, 1.807) is 0 Å². The van der Waals surface area contributed by atoms with Gasteiger partial charge in [0.15, 0.2) is 0 Å². The van der Waals surface area contributed by atoms with Crippen LogP contribution in [0, 0.1) is 0 Å². The van der Waals surface area contributed by atoms with Gasteiger partial charge in [0.25, 0.3) is 30.4 Å². The summed E-state index contributed by atoms with van der Waals surface area (Å²) in [4.78, 5) is -3.00. The van der Waals surface area contributed by atoms with Gasteiger partial charge in [-0.3, -0.25) is 13.7 Å². The van der Waals surface area contributed by atoms with Crippen LogP contribution in [0.15, 0.2) is 39.0 Å². The quantitative estimate of drug-likeness (QED) is 0.635. The van der Waals surface area contributed by atoms with Crippen LogP contribution in [0.1, 0.15) is 0 Å². The average Bonchev–Trinajstić information content (AvgIpc) is 2.32. The summed E-state index contributed by atoms with van der Waals surface area (Å²) < 4.78 is 95.4. The third kappa shape index (κ3) is 3.44. The van der Waals surface area contributed by atoms with Crippen molar-refractivity contribution in [3.63, 3.8) is 0 Å². The molecule has 125 valence electrons. The van der Waals surface area contributed by atoms with E-state index in [4.69, 9.17) is 14.8 Å². The van der Waals surface area contributed by atoms with Crippen LogP contribution in [0.5, 0.6) is 0 Å². The lowest BCUT2D eigenvalue weighted by atomic mass is 10.1. The SMILES string of the molecule is [NH]c1cc(S(=O)(=O)O)c2cc(S(=O)(=O)O)cc(S(=O)(=O)O)c2c1. The predicted molar refractivity (Wildman–Crippen MR) is 76.1 cm³/mol. The van der Waals surface area contributed by atoms with E-state index in [1.165, 1.54) is 0 Å². The zero-order chi connectivity index (χ0) is 17.8. The van der Waals surface area contributed by atoms with E-state index in [1.807, 2.05) is 0 Å². The van der Waals surface area contributed by atoms with Crippen LogP contribution >= 0.6 is 0 Å². The first-order chi connectivity index (χ1) is 10.2. The molecule has 0 amide bonds. The highest BCUT2D eigenvalue weighted by Crippen LogP contribution is 2.33. The molecular weight excluding hydrogens is 374 g/mol. The Balaban J connectivity index is 3.22. The molecule has 0 aromatic heterocycles. The van der Waals surface area contributed by atoms with E-state index < -0.39 is 61.5 Å². The van der Waals surface area contributed by atoms with Gasteiger partial charge >= 0.3 is 0 Å². The fraction of sp³-hybridized carbons (Fsp3) is 0. The van der Waals surface area contributed by atoms with E-state index >= 15 is 0 Å². The van der Waals surface area contributed by atoms with Gasteiger partial charge in [-0.25, -0.2) is 0 Å². The van der Waals surface area contributed by atoms with E-state index in [9.17, 15) is 29.8 Å². The van der Waals surface area contributed by atoms with Crippen LogP contribution in [0.4, 0.5) is 5.69 Å². The monoisotopic (exact) mass is 382 g/mol. The van der Waals surface area contributed by atoms with Gasteiger partial charge in [-0.2, -0.15) is 25.3 Å². The minimum absolute atomic E-state index is 0.403. The van der Waals surface area contributed by atoms with Gasteiger partial charge < -0.3 is 5.73 Å². The smallest absolute Gasteiger partial charge is 0.295 e. The first kappa shape index (κ1) is 17.6. The van der Waals surface area contributed by atoms with Crippen molar-refractivity contribution in [2.24, 2.45) is 0 Å². The van der Waals surface area contributed by atoms with Crippen LogP contribution < -0.4 is 5.73 Å². The minimum atomic E-state index is -5.03. The van der Waals surface area contributed by atoms with Crippen LogP contribution in [-0.4, -0.2) is 38.9 Å². The molecule has 10 nitrogen and oxygen atoms in total. The van der Waals surface area contributed by atoms with Crippen LogP contribution in [0.3, 0.4) is 0 Å². The molecule has 0 saturated carbocycles. The highest BCUT2D eigenvalue weighted by atomic mass is 32.2. The van der Waals surface area contributed by atoms with E-state index in [0.717, 1.165) is 6.07 Å². The second-order valence-corrected chi connectivity index (χ2v) is 8.62. The van der Waals surface area contributed by atoms with Crippen molar-refractivity contribution in [1.82, 2.24) is 5.73 Å². The molecule has 0 aliphatic heterocycles. The lowest BCUT2D eigenvalue weighted by Gasteiger charge is -2.10. The fourth-order valence-electron chi connectivity index (χ4n) is 1.95. The van der Waals surface area contributed by atoms with Gasteiger partial charge in [0, 0.05) is 10.8 Å². The normalized spacial score (nSPS) is 13.3. The first-order valence-corrected chi connectivity index (χ1v) is 9.79. The van der Waals surface area contributed by atoms with Crippen molar-refractivity contribution in [3.05, 3.63) is 24.3 Å². The molecular formula is C10H8NO9S3. The van der Waals surface area contributed by atoms with Crippen molar-refractivity contribution in [2.75, 3.05) is 0 Å². The maximum absolute atomic E-state index is 11.4. The Morgan fingerprint density at radius 3 is 1.52 bits per heavy atom. The van der Waals surface area contributed by atoms with Crippen molar-refractivity contribution in [3.8, 4) is 0 Å². The summed E-state index contributed by atoms with van der Waals surface area (Å²) in [6.45, 7) is 0. The van der Waals surface area contributed by atoms with E-state index in [0.29, 0.717) is 18.2 Å². The largest absolute Gasteiger partial charge is 0.301 e. The van der Waals surface area contributed by atoms with Gasteiger partial charge in [-0.05, 0) is 24.3 Å². The summed E-state index contributed by atoms with van der Waals surface area (Å²) in [5, 5.41) is -1.12. The molecule has 0 bridgehead atoms. The molecule has 13 heteroatoms. The Hall–Kier alpha value is -1.77. The number of nitrogens with one attached hydrogen (secondary N) is 1. The Morgan fingerprint density at radius 1 is 0.652 bits per heavy atom. The van der Waals surface area contributed by atoms with Crippen molar-refractivity contribution in [2.45, 2.75) is 14.7 Å². The van der Waals surface area contributed by atoms with E-state index in [2.05, 4.69) is 0 Å². The first-order valence-electron chi connectivity index (χ1n) is 5.47. The topological polar surface area (TPSA) is 187 Å². The molecule has 0 unspecified atom stereocenters. The molecule has 2 rings (SSSR count). The minimum Gasteiger partial charge on any atom is -0.301 e. The van der Waals surface area contributed by atoms with Crippen LogP contribution in [0.25, 0.3) is 10.8 Å². The molecule has 23 heavy (non-hydrogen) atoms. The molecule has 0 spiro atoms. The average molecular weight is 382 g/mol. The number of fused-ring (bicyclic) bond motifs is 1. The molecule has 0 aliphatic rings. The fourth-order valence-corrected chi connectivity index (χ4v) is 4.00. The highest BCUT2D eigenvalue weighted by molar-refractivity contribution is 7.87. The molecule has 0 saturated heterocycles. The lowest BCUT2D eigenvalue weighted by Crippen LogP contribution is -2.07. The van der Waals surface area contributed by atoms with Gasteiger partial charge in [0.2, 0.25) is 0 Å². The molecule has 0 aliphatic carbocycles. The zero-order valence-electron chi connectivity index (χ0n) is 10.8. The number of benzene rings is 2. The number of hydrogen-bond donors (Lipinski definition) is 3. The summed E-state index contributed by atoms with van der Waals surface area (Å²) in [5.74, 6) is 0. The molecule has 1 radical (unpaired) electrons. The van der Waals surface area contributed by atoms with Gasteiger partial charge in [-0.15, -0.1) is 0 Å². The standard InChI is InChI=1S/C10H8NO9S3/c11-5-1-7-8(9(2-5)22(15,16)17)3-6(21(12,13)14)4-10(7)23(18,19)20/h1-4,11H,(H,12,13,14)(H,15,16,17)(H,18,19,20). The van der Waals surface area contributed by atoms with Crippen molar-refractivity contribution >= 4 is 46.8 Å². The van der Waals surface area contributed by atoms with Crippen LogP contribution in [0.2, 0.25) is 0 Å². The second-order valence-electron chi connectivity index (χ2n) is 4.42. The summed E-state index contributed by atoms with van der Waals surface area (Å²) in [6.07, 6.45) is 0. The summed E-state index contributed by atoms with van der Waals surface area (Å²) >= 11 is 0. The van der Waals surface area contributed by atoms with Gasteiger partial charge in [-0.1, -0.05) is 0 Å². The van der Waals surface area contributed by atoms with Gasteiger partial charge in [0.05, 0.1) is 10.6 Å². The summed E-state index contributed by atoms with van der Waals surface area (Å²) in [6, 6.07) is 2.50. The molecule has 0 atom stereocenters. The lowest BCUT2D eigenvalue weighted by molar-refractivity contribution is 0.478. The number of hydrogen-bond acceptors (Lipinski definition) is 6. The van der Waals surface area contributed by atoms with Crippen molar-refractivity contribution in [1.29, 1.82) is 0 Å². The van der Waals surface area contributed by atoms with E-state index in [-0.39, 0.29) is 0 Å². The van der Waals surface area contributed by atoms with Gasteiger partial charge in [0.1, 0.15) is 9.79 Å². The highest BCUT2D eigenvalue weighted by Gasteiger charge is 2.25. The molecule has 4 N–H and O–H groups in total. The Morgan fingerprint density at radius 2 is 1.09 bits per heavy atom. The molecule has 2 aromatic rings.